The van der Waals surface area contributed by atoms with E-state index in [1.165, 1.54) is 5.56 Å². The predicted molar refractivity (Wildman–Crippen MR) is 136 cm³/mol. The Hall–Kier alpha value is -4.46. The topological polar surface area (TPSA) is 98.1 Å². The van der Waals surface area contributed by atoms with Crippen molar-refractivity contribution in [2.45, 2.75) is 33.7 Å². The summed E-state index contributed by atoms with van der Waals surface area (Å²) in [6, 6.07) is 18.7. The minimum absolute atomic E-state index is 0.530. The minimum atomic E-state index is 0.530. The lowest BCUT2D eigenvalue weighted by Crippen LogP contribution is -2.05. The third-order valence-electron chi connectivity index (χ3n) is 6.35. The number of aromatic amines is 1. The number of nitrogens with zero attached hydrogens (tertiary/aromatic N) is 7. The van der Waals surface area contributed by atoms with Gasteiger partial charge in [0.05, 0.1) is 17.8 Å². The largest absolute Gasteiger partial charge is 0.308 e. The summed E-state index contributed by atoms with van der Waals surface area (Å²) in [5.41, 5.74) is 7.95. The summed E-state index contributed by atoms with van der Waals surface area (Å²) >= 11 is 0. The quantitative estimate of drug-likeness (QED) is 0.386. The highest BCUT2D eigenvalue weighted by molar-refractivity contribution is 6.00. The summed E-state index contributed by atoms with van der Waals surface area (Å²) in [7, 11) is 0. The number of rotatable bonds is 5. The Balaban J connectivity index is 1.42. The number of aromatic nitrogens is 8. The number of hydrogen-bond donors (Lipinski definition) is 1. The molecule has 0 aliphatic carbocycles. The number of pyridine rings is 2. The van der Waals surface area contributed by atoms with Gasteiger partial charge in [-0.1, -0.05) is 55.5 Å². The van der Waals surface area contributed by atoms with Crippen molar-refractivity contribution in [1.82, 2.24) is 40.1 Å². The number of fused-ring (bicyclic) bond motifs is 2. The van der Waals surface area contributed by atoms with Gasteiger partial charge in [0, 0.05) is 29.3 Å². The Labute approximate surface area is 202 Å². The van der Waals surface area contributed by atoms with Gasteiger partial charge >= 0.3 is 0 Å². The fraction of sp³-hybridized carbons (Fsp3) is 0.185. The van der Waals surface area contributed by atoms with E-state index in [9.17, 15) is 0 Å². The number of benzene rings is 2. The van der Waals surface area contributed by atoms with Crippen molar-refractivity contribution < 1.29 is 0 Å². The molecule has 0 aliphatic rings. The number of imidazole rings is 1. The van der Waals surface area contributed by atoms with Crippen molar-refractivity contribution in [2.75, 3.05) is 0 Å². The van der Waals surface area contributed by atoms with Gasteiger partial charge in [-0.25, -0.2) is 9.97 Å². The van der Waals surface area contributed by atoms with Gasteiger partial charge in [-0.05, 0) is 41.6 Å². The number of hydrogen-bond acceptors (Lipinski definition) is 6. The van der Waals surface area contributed by atoms with Gasteiger partial charge in [0.1, 0.15) is 11.3 Å². The zero-order chi connectivity index (χ0) is 23.9. The lowest BCUT2D eigenvalue weighted by Gasteiger charge is -2.12. The van der Waals surface area contributed by atoms with Crippen LogP contribution in [0, 0.1) is 13.8 Å². The van der Waals surface area contributed by atoms with Crippen molar-refractivity contribution in [3.63, 3.8) is 0 Å². The second-order valence-corrected chi connectivity index (χ2v) is 8.72. The van der Waals surface area contributed by atoms with Gasteiger partial charge in [-0.2, -0.15) is 5.21 Å². The second kappa shape index (κ2) is 8.39. The molecule has 8 heteroatoms. The lowest BCUT2D eigenvalue weighted by molar-refractivity contribution is 0.745. The molecule has 0 atom stereocenters. The fourth-order valence-electron chi connectivity index (χ4n) is 4.71. The summed E-state index contributed by atoms with van der Waals surface area (Å²) in [6.07, 6.45) is 2.74. The highest BCUT2D eigenvalue weighted by atomic mass is 15.5. The third-order valence-corrected chi connectivity index (χ3v) is 6.35. The first-order valence-corrected chi connectivity index (χ1v) is 11.7. The van der Waals surface area contributed by atoms with Crippen molar-refractivity contribution >= 4 is 21.9 Å². The van der Waals surface area contributed by atoms with Crippen LogP contribution < -0.4 is 0 Å². The van der Waals surface area contributed by atoms with Gasteiger partial charge < -0.3 is 4.57 Å². The summed E-state index contributed by atoms with van der Waals surface area (Å²) in [5.74, 6) is 1.57. The van der Waals surface area contributed by atoms with Crippen LogP contribution in [0.3, 0.4) is 0 Å². The first-order chi connectivity index (χ1) is 17.1. The molecule has 0 amide bonds. The third kappa shape index (κ3) is 3.63. The zero-order valence-corrected chi connectivity index (χ0v) is 19.8. The molecule has 0 unspecified atom stereocenters. The first kappa shape index (κ1) is 21.1. The van der Waals surface area contributed by atoms with Crippen LogP contribution in [0.2, 0.25) is 0 Å². The van der Waals surface area contributed by atoms with Crippen molar-refractivity contribution in [1.29, 1.82) is 0 Å². The Morgan fingerprint density at radius 3 is 2.57 bits per heavy atom. The van der Waals surface area contributed by atoms with Crippen LogP contribution >= 0.6 is 0 Å². The molecule has 0 fully saturated rings. The standard InChI is InChI=1S/C27H24N8/c1-4-22-30-24-16(2)13-17(3)29-27(24)35(22)15-18-9-11-19(12-10-18)25-23(26-31-33-34-32-26)21-8-6-5-7-20(21)14-28-25/h5-14H,4,15H2,1-3H3,(H,31,32,33,34). The molecule has 2 aromatic carbocycles. The summed E-state index contributed by atoms with van der Waals surface area (Å²) in [5, 5.41) is 16.9. The Bertz CT molecular complexity index is 1660. The first-order valence-electron chi connectivity index (χ1n) is 11.7. The van der Waals surface area contributed by atoms with Crippen LogP contribution in [0.5, 0.6) is 0 Å². The number of nitrogens with one attached hydrogen (secondary N) is 1. The van der Waals surface area contributed by atoms with Crippen LogP contribution in [0.25, 0.3) is 44.6 Å². The predicted octanol–water partition coefficient (Wildman–Crippen LogP) is 5.05. The normalized spacial score (nSPS) is 11.5. The van der Waals surface area contributed by atoms with Crippen molar-refractivity contribution in [3.8, 4) is 22.6 Å². The molecule has 1 N–H and O–H groups in total. The number of tetrazole rings is 1. The SMILES string of the molecule is CCc1nc2c(C)cc(C)nc2n1Cc1ccc(-c2ncc3ccccc3c2-c2nn[nH]n2)cc1. The smallest absolute Gasteiger partial charge is 0.207 e. The Morgan fingerprint density at radius 1 is 0.971 bits per heavy atom. The molecule has 172 valence electrons. The average molecular weight is 461 g/mol. The van der Waals surface area contributed by atoms with E-state index in [4.69, 9.17) is 15.0 Å². The van der Waals surface area contributed by atoms with Gasteiger partial charge in [-0.3, -0.25) is 4.98 Å². The molecule has 35 heavy (non-hydrogen) atoms. The Morgan fingerprint density at radius 2 is 1.80 bits per heavy atom. The highest BCUT2D eigenvalue weighted by Crippen LogP contribution is 2.34. The molecule has 0 radical (unpaired) electrons. The second-order valence-electron chi connectivity index (χ2n) is 8.72. The molecule has 8 nitrogen and oxygen atoms in total. The van der Waals surface area contributed by atoms with E-state index in [0.29, 0.717) is 12.4 Å². The molecule has 6 aromatic rings. The van der Waals surface area contributed by atoms with E-state index in [-0.39, 0.29) is 0 Å². The van der Waals surface area contributed by atoms with Crippen LogP contribution in [-0.4, -0.2) is 40.1 Å². The van der Waals surface area contributed by atoms with Gasteiger partial charge in [-0.15, -0.1) is 10.2 Å². The monoisotopic (exact) mass is 460 g/mol. The lowest BCUT2D eigenvalue weighted by atomic mass is 9.98. The average Bonchev–Trinajstić information content (AvgIpc) is 3.53. The maximum atomic E-state index is 4.87. The molecular weight excluding hydrogens is 436 g/mol. The molecule has 0 spiro atoms. The molecule has 0 saturated carbocycles. The van der Waals surface area contributed by atoms with E-state index in [1.807, 2.05) is 31.3 Å². The summed E-state index contributed by atoms with van der Waals surface area (Å²) in [4.78, 5) is 14.5. The molecule has 4 aromatic heterocycles. The van der Waals surface area contributed by atoms with Crippen LogP contribution in [0.15, 0.2) is 60.8 Å². The molecule has 0 bridgehead atoms. The van der Waals surface area contributed by atoms with E-state index < -0.39 is 0 Å². The van der Waals surface area contributed by atoms with E-state index >= 15 is 0 Å². The molecule has 6 rings (SSSR count). The van der Waals surface area contributed by atoms with Crippen LogP contribution in [0.1, 0.15) is 29.6 Å². The van der Waals surface area contributed by atoms with Gasteiger partial charge in [0.25, 0.3) is 0 Å². The van der Waals surface area contributed by atoms with Gasteiger partial charge in [0.15, 0.2) is 5.65 Å². The molecule has 0 aliphatic heterocycles. The molecular formula is C27H24N8. The van der Waals surface area contributed by atoms with Crippen molar-refractivity contribution in [3.05, 3.63) is 83.4 Å². The highest BCUT2D eigenvalue weighted by Gasteiger charge is 2.17. The molecule has 0 saturated heterocycles. The zero-order valence-electron chi connectivity index (χ0n) is 19.8. The van der Waals surface area contributed by atoms with Crippen molar-refractivity contribution in [2.24, 2.45) is 0 Å². The maximum Gasteiger partial charge on any atom is 0.207 e. The number of H-pyrrole nitrogens is 1. The fourth-order valence-corrected chi connectivity index (χ4v) is 4.71. The van der Waals surface area contributed by atoms with E-state index in [1.54, 1.807) is 0 Å². The van der Waals surface area contributed by atoms with E-state index in [0.717, 1.165) is 62.3 Å². The molecule has 4 heterocycles. The Kier molecular flexibility index (Phi) is 5.06. The van der Waals surface area contributed by atoms with Gasteiger partial charge in [0.2, 0.25) is 5.82 Å². The number of aryl methyl sites for hydroxylation is 3. The van der Waals surface area contributed by atoms with E-state index in [2.05, 4.69) is 75.4 Å². The summed E-state index contributed by atoms with van der Waals surface area (Å²) < 4.78 is 2.23. The minimum Gasteiger partial charge on any atom is -0.308 e. The summed E-state index contributed by atoms with van der Waals surface area (Å²) in [6.45, 7) is 6.97. The van der Waals surface area contributed by atoms with Crippen LogP contribution in [0.4, 0.5) is 0 Å². The maximum absolute atomic E-state index is 4.87. The van der Waals surface area contributed by atoms with Crippen LogP contribution in [-0.2, 0) is 13.0 Å².